The van der Waals surface area contributed by atoms with Crippen LogP contribution in [0.15, 0.2) is 48.5 Å². The van der Waals surface area contributed by atoms with Gasteiger partial charge in [0.05, 0.1) is 5.56 Å². The minimum atomic E-state index is -0.490. The quantitative estimate of drug-likeness (QED) is 0.827. The minimum absolute atomic E-state index is 0.284. The van der Waals surface area contributed by atoms with Gasteiger partial charge >= 0.3 is 5.97 Å². The Morgan fingerprint density at radius 1 is 1.09 bits per heavy atom. The van der Waals surface area contributed by atoms with Crippen molar-refractivity contribution < 1.29 is 14.3 Å². The SMILES string of the molecule is Cc1ccccc1C(=O)OCC(=O)NCCc1ccc(Cl)cc1. The molecule has 0 fully saturated rings. The Hall–Kier alpha value is -2.33. The van der Waals surface area contributed by atoms with E-state index in [0.29, 0.717) is 23.6 Å². The number of rotatable bonds is 6. The molecule has 0 aromatic heterocycles. The van der Waals surface area contributed by atoms with E-state index in [4.69, 9.17) is 16.3 Å². The summed E-state index contributed by atoms with van der Waals surface area (Å²) >= 11 is 5.81. The third-order valence-corrected chi connectivity index (χ3v) is 3.60. The van der Waals surface area contributed by atoms with E-state index >= 15 is 0 Å². The van der Waals surface area contributed by atoms with Crippen LogP contribution in [0.25, 0.3) is 0 Å². The molecule has 0 atom stereocenters. The van der Waals surface area contributed by atoms with Crippen molar-refractivity contribution in [3.63, 3.8) is 0 Å². The monoisotopic (exact) mass is 331 g/mol. The van der Waals surface area contributed by atoms with Crippen LogP contribution in [0.5, 0.6) is 0 Å². The fraction of sp³-hybridized carbons (Fsp3) is 0.222. The maximum Gasteiger partial charge on any atom is 0.338 e. The number of aryl methyl sites for hydroxylation is 1. The Morgan fingerprint density at radius 2 is 1.78 bits per heavy atom. The third-order valence-electron chi connectivity index (χ3n) is 3.35. The second kappa shape index (κ2) is 8.34. The normalized spacial score (nSPS) is 10.2. The van der Waals surface area contributed by atoms with Crippen molar-refractivity contribution in [2.75, 3.05) is 13.2 Å². The number of carbonyl (C=O) groups is 2. The van der Waals surface area contributed by atoms with Crippen LogP contribution in [0, 0.1) is 6.92 Å². The standard InChI is InChI=1S/C18H18ClNO3/c1-13-4-2-3-5-16(13)18(22)23-12-17(21)20-11-10-14-6-8-15(19)9-7-14/h2-9H,10-12H2,1H3,(H,20,21). The summed E-state index contributed by atoms with van der Waals surface area (Å²) in [4.78, 5) is 23.6. The summed E-state index contributed by atoms with van der Waals surface area (Å²) < 4.78 is 5.02. The van der Waals surface area contributed by atoms with Gasteiger partial charge < -0.3 is 10.1 Å². The Labute approximate surface area is 140 Å². The molecule has 2 aromatic rings. The average Bonchev–Trinajstić information content (AvgIpc) is 2.55. The number of amides is 1. The molecule has 1 amide bonds. The van der Waals surface area contributed by atoms with Crippen molar-refractivity contribution >= 4 is 23.5 Å². The summed E-state index contributed by atoms with van der Waals surface area (Å²) in [6.07, 6.45) is 0.689. The molecule has 120 valence electrons. The molecule has 5 heteroatoms. The average molecular weight is 332 g/mol. The number of benzene rings is 2. The first kappa shape index (κ1) is 17.0. The van der Waals surface area contributed by atoms with Crippen molar-refractivity contribution in [3.8, 4) is 0 Å². The lowest BCUT2D eigenvalue weighted by atomic mass is 10.1. The largest absolute Gasteiger partial charge is 0.452 e. The second-order valence-corrected chi connectivity index (χ2v) is 5.55. The van der Waals surface area contributed by atoms with E-state index in [0.717, 1.165) is 11.1 Å². The molecule has 0 saturated heterocycles. The molecule has 0 radical (unpaired) electrons. The highest BCUT2D eigenvalue weighted by Gasteiger charge is 2.11. The van der Waals surface area contributed by atoms with E-state index in [1.165, 1.54) is 0 Å². The molecular weight excluding hydrogens is 314 g/mol. The summed E-state index contributed by atoms with van der Waals surface area (Å²) in [6.45, 7) is 2.01. The van der Waals surface area contributed by atoms with Gasteiger partial charge in [0.2, 0.25) is 0 Å². The van der Waals surface area contributed by atoms with Crippen LogP contribution in [0.3, 0.4) is 0 Å². The number of carbonyl (C=O) groups excluding carboxylic acids is 2. The molecule has 2 rings (SSSR count). The lowest BCUT2D eigenvalue weighted by molar-refractivity contribution is -0.124. The van der Waals surface area contributed by atoms with Crippen LogP contribution in [0.1, 0.15) is 21.5 Å². The van der Waals surface area contributed by atoms with Crippen molar-refractivity contribution in [1.82, 2.24) is 5.32 Å². The third kappa shape index (κ3) is 5.42. The molecule has 4 nitrogen and oxygen atoms in total. The Morgan fingerprint density at radius 3 is 2.48 bits per heavy atom. The molecule has 0 unspecified atom stereocenters. The highest BCUT2D eigenvalue weighted by Crippen LogP contribution is 2.10. The van der Waals surface area contributed by atoms with Gasteiger partial charge in [0, 0.05) is 11.6 Å². The predicted octanol–water partition coefficient (Wildman–Crippen LogP) is 3.16. The zero-order valence-electron chi connectivity index (χ0n) is 12.8. The smallest absolute Gasteiger partial charge is 0.338 e. The number of hydrogen-bond donors (Lipinski definition) is 1. The molecule has 1 N–H and O–H groups in total. The Balaban J connectivity index is 1.72. The molecule has 0 saturated carbocycles. The lowest BCUT2D eigenvalue weighted by Gasteiger charge is -2.08. The summed E-state index contributed by atoms with van der Waals surface area (Å²) in [7, 11) is 0. The van der Waals surface area contributed by atoms with Gasteiger partial charge in [-0.2, -0.15) is 0 Å². The first-order chi connectivity index (χ1) is 11.1. The minimum Gasteiger partial charge on any atom is -0.452 e. The van der Waals surface area contributed by atoms with E-state index in [1.54, 1.807) is 12.1 Å². The van der Waals surface area contributed by atoms with E-state index < -0.39 is 5.97 Å². The second-order valence-electron chi connectivity index (χ2n) is 5.12. The Kier molecular flexibility index (Phi) is 6.18. The van der Waals surface area contributed by atoms with E-state index in [1.807, 2.05) is 43.3 Å². The van der Waals surface area contributed by atoms with Gasteiger partial charge in [-0.15, -0.1) is 0 Å². The molecule has 23 heavy (non-hydrogen) atoms. The summed E-state index contributed by atoms with van der Waals surface area (Å²) in [6, 6.07) is 14.5. The maximum absolute atomic E-state index is 11.9. The van der Waals surface area contributed by atoms with Gasteiger partial charge in [-0.05, 0) is 42.7 Å². The molecule has 2 aromatic carbocycles. The zero-order valence-corrected chi connectivity index (χ0v) is 13.6. The number of ether oxygens (including phenoxy) is 1. The fourth-order valence-corrected chi connectivity index (χ4v) is 2.19. The Bertz CT molecular complexity index is 683. The molecule has 0 bridgehead atoms. The summed E-state index contributed by atoms with van der Waals surface area (Å²) in [5.41, 5.74) is 2.37. The highest BCUT2D eigenvalue weighted by atomic mass is 35.5. The molecule has 0 aliphatic rings. The van der Waals surface area contributed by atoms with E-state index in [9.17, 15) is 9.59 Å². The van der Waals surface area contributed by atoms with Crippen LogP contribution < -0.4 is 5.32 Å². The molecule has 0 aliphatic heterocycles. The van der Waals surface area contributed by atoms with E-state index in [2.05, 4.69) is 5.32 Å². The van der Waals surface area contributed by atoms with Crippen LogP contribution >= 0.6 is 11.6 Å². The van der Waals surface area contributed by atoms with Gasteiger partial charge in [0.25, 0.3) is 5.91 Å². The highest BCUT2D eigenvalue weighted by molar-refractivity contribution is 6.30. The predicted molar refractivity (Wildman–Crippen MR) is 89.6 cm³/mol. The molecule has 0 spiro atoms. The molecular formula is C18H18ClNO3. The number of nitrogens with one attached hydrogen (secondary N) is 1. The van der Waals surface area contributed by atoms with Gasteiger partial charge in [0.15, 0.2) is 6.61 Å². The van der Waals surface area contributed by atoms with Crippen LogP contribution in [-0.4, -0.2) is 25.0 Å². The van der Waals surface area contributed by atoms with E-state index in [-0.39, 0.29) is 12.5 Å². The van der Waals surface area contributed by atoms with Gasteiger partial charge in [-0.3, -0.25) is 4.79 Å². The topological polar surface area (TPSA) is 55.4 Å². The van der Waals surface area contributed by atoms with Crippen molar-refractivity contribution in [1.29, 1.82) is 0 Å². The van der Waals surface area contributed by atoms with Gasteiger partial charge in [-0.1, -0.05) is 41.9 Å². The first-order valence-electron chi connectivity index (χ1n) is 7.30. The maximum atomic E-state index is 11.9. The first-order valence-corrected chi connectivity index (χ1v) is 7.68. The molecule has 0 aliphatic carbocycles. The number of esters is 1. The lowest BCUT2D eigenvalue weighted by Crippen LogP contribution is -2.30. The van der Waals surface area contributed by atoms with Gasteiger partial charge in [0.1, 0.15) is 0 Å². The zero-order chi connectivity index (χ0) is 16.7. The van der Waals surface area contributed by atoms with Crippen molar-refractivity contribution in [3.05, 3.63) is 70.2 Å². The van der Waals surface area contributed by atoms with Crippen molar-refractivity contribution in [2.24, 2.45) is 0 Å². The summed E-state index contributed by atoms with van der Waals surface area (Å²) in [5.74, 6) is -0.808. The summed E-state index contributed by atoms with van der Waals surface area (Å²) in [5, 5.41) is 3.40. The van der Waals surface area contributed by atoms with Crippen molar-refractivity contribution in [2.45, 2.75) is 13.3 Å². The van der Waals surface area contributed by atoms with Crippen LogP contribution in [0.2, 0.25) is 5.02 Å². The van der Waals surface area contributed by atoms with Crippen LogP contribution in [-0.2, 0) is 16.0 Å². The number of hydrogen-bond acceptors (Lipinski definition) is 3. The van der Waals surface area contributed by atoms with Gasteiger partial charge in [-0.25, -0.2) is 4.79 Å². The molecule has 0 heterocycles. The fourth-order valence-electron chi connectivity index (χ4n) is 2.06. The number of halogens is 1. The van der Waals surface area contributed by atoms with Crippen LogP contribution in [0.4, 0.5) is 0 Å².